The first-order chi connectivity index (χ1) is 14.0. The SMILES string of the molecule is CSCc1cccc(C(=O)N2CC[NH+](CC(=O)Nc3c(C)cccc3C)CC2)c1. The Bertz CT molecular complexity index is 856. The summed E-state index contributed by atoms with van der Waals surface area (Å²) in [5.41, 5.74) is 5.00. The third-order valence-electron chi connectivity index (χ3n) is 5.40. The fourth-order valence-electron chi connectivity index (χ4n) is 3.77. The second-order valence-electron chi connectivity index (χ2n) is 7.67. The lowest BCUT2D eigenvalue weighted by atomic mass is 10.1. The standard InChI is InChI=1S/C23H29N3O2S/c1-17-6-4-7-18(2)22(17)24-21(27)15-25-10-12-26(13-11-25)23(28)20-9-5-8-19(14-20)16-29-3/h4-9,14H,10-13,15-16H2,1-3H3,(H,24,27)/p+1. The number of nitrogens with one attached hydrogen (secondary N) is 2. The molecule has 0 bridgehead atoms. The van der Waals surface area contributed by atoms with Crippen LogP contribution in [0.1, 0.15) is 27.0 Å². The molecule has 2 aromatic carbocycles. The van der Waals surface area contributed by atoms with Crippen LogP contribution < -0.4 is 10.2 Å². The number of para-hydroxylation sites is 1. The Balaban J connectivity index is 1.52. The average molecular weight is 413 g/mol. The van der Waals surface area contributed by atoms with Crippen molar-refractivity contribution in [2.45, 2.75) is 19.6 Å². The van der Waals surface area contributed by atoms with Gasteiger partial charge in [-0.3, -0.25) is 9.59 Å². The second kappa shape index (κ2) is 9.94. The second-order valence-corrected chi connectivity index (χ2v) is 8.53. The van der Waals surface area contributed by atoms with Gasteiger partial charge in [-0.15, -0.1) is 0 Å². The number of nitrogens with zero attached hydrogens (tertiary/aromatic N) is 1. The quantitative estimate of drug-likeness (QED) is 0.764. The third-order valence-corrected chi connectivity index (χ3v) is 6.02. The molecule has 1 aliphatic rings. The van der Waals surface area contributed by atoms with Crippen molar-refractivity contribution >= 4 is 29.3 Å². The Labute approximate surface area is 177 Å². The van der Waals surface area contributed by atoms with Crippen LogP contribution >= 0.6 is 11.8 Å². The Morgan fingerprint density at radius 3 is 2.38 bits per heavy atom. The minimum absolute atomic E-state index is 0.0296. The molecule has 1 heterocycles. The van der Waals surface area contributed by atoms with Gasteiger partial charge < -0.3 is 15.1 Å². The summed E-state index contributed by atoms with van der Waals surface area (Å²) in [6.45, 7) is 7.38. The minimum Gasteiger partial charge on any atom is -0.327 e. The van der Waals surface area contributed by atoms with Crippen LogP contribution in [0, 0.1) is 13.8 Å². The van der Waals surface area contributed by atoms with Crippen LogP contribution in [-0.4, -0.2) is 55.7 Å². The van der Waals surface area contributed by atoms with E-state index < -0.39 is 0 Å². The zero-order chi connectivity index (χ0) is 20.8. The van der Waals surface area contributed by atoms with Crippen molar-refractivity contribution in [2.24, 2.45) is 0 Å². The molecule has 1 aliphatic heterocycles. The number of piperazine rings is 1. The summed E-state index contributed by atoms with van der Waals surface area (Å²) < 4.78 is 0. The Morgan fingerprint density at radius 2 is 1.72 bits per heavy atom. The van der Waals surface area contributed by atoms with Crippen molar-refractivity contribution in [1.82, 2.24) is 4.90 Å². The number of hydrogen-bond donors (Lipinski definition) is 2. The molecule has 0 saturated carbocycles. The molecule has 0 spiro atoms. The molecule has 1 saturated heterocycles. The molecule has 0 aromatic heterocycles. The van der Waals surface area contributed by atoms with E-state index in [0.29, 0.717) is 19.6 Å². The topological polar surface area (TPSA) is 53.9 Å². The van der Waals surface area contributed by atoms with Crippen LogP contribution in [0.3, 0.4) is 0 Å². The molecule has 0 atom stereocenters. The van der Waals surface area contributed by atoms with Gasteiger partial charge >= 0.3 is 0 Å². The maximum absolute atomic E-state index is 12.8. The molecule has 5 nitrogen and oxygen atoms in total. The predicted octanol–water partition coefficient (Wildman–Crippen LogP) is 2.15. The first-order valence-electron chi connectivity index (χ1n) is 10.0. The number of aryl methyl sites for hydroxylation is 2. The van der Waals surface area contributed by atoms with Crippen molar-refractivity contribution in [3.63, 3.8) is 0 Å². The molecule has 154 valence electrons. The molecule has 0 aliphatic carbocycles. The zero-order valence-corrected chi connectivity index (χ0v) is 18.3. The summed E-state index contributed by atoms with van der Waals surface area (Å²) in [6.07, 6.45) is 2.06. The lowest BCUT2D eigenvalue weighted by Gasteiger charge is -2.32. The number of amides is 2. The Morgan fingerprint density at radius 1 is 1.07 bits per heavy atom. The fourth-order valence-corrected chi connectivity index (χ4v) is 4.28. The van der Waals surface area contributed by atoms with Crippen LogP contribution in [0.4, 0.5) is 5.69 Å². The predicted molar refractivity (Wildman–Crippen MR) is 120 cm³/mol. The number of anilines is 1. The minimum atomic E-state index is 0.0296. The highest BCUT2D eigenvalue weighted by atomic mass is 32.2. The monoisotopic (exact) mass is 412 g/mol. The number of hydrogen-bond acceptors (Lipinski definition) is 3. The van der Waals surface area contributed by atoms with E-state index >= 15 is 0 Å². The van der Waals surface area contributed by atoms with Gasteiger partial charge in [-0.25, -0.2) is 0 Å². The van der Waals surface area contributed by atoms with Gasteiger partial charge in [0, 0.05) is 17.0 Å². The molecule has 29 heavy (non-hydrogen) atoms. The molecule has 1 fully saturated rings. The number of carbonyl (C=O) groups is 2. The van der Waals surface area contributed by atoms with E-state index in [1.807, 2.05) is 55.1 Å². The Kier molecular flexibility index (Phi) is 7.34. The number of benzene rings is 2. The summed E-state index contributed by atoms with van der Waals surface area (Å²) in [7, 11) is 0. The van der Waals surface area contributed by atoms with Crippen molar-refractivity contribution < 1.29 is 14.5 Å². The zero-order valence-electron chi connectivity index (χ0n) is 17.5. The van der Waals surface area contributed by atoms with Gasteiger partial charge in [0.2, 0.25) is 0 Å². The van der Waals surface area contributed by atoms with Crippen LogP contribution in [0.25, 0.3) is 0 Å². The highest BCUT2D eigenvalue weighted by Gasteiger charge is 2.26. The van der Waals surface area contributed by atoms with Gasteiger partial charge in [-0.05, 0) is 48.9 Å². The highest BCUT2D eigenvalue weighted by Crippen LogP contribution is 2.19. The molecule has 0 radical (unpaired) electrons. The summed E-state index contributed by atoms with van der Waals surface area (Å²) in [6, 6.07) is 13.9. The van der Waals surface area contributed by atoms with E-state index in [9.17, 15) is 9.59 Å². The van der Waals surface area contributed by atoms with Crippen molar-refractivity contribution in [3.8, 4) is 0 Å². The molecule has 3 rings (SSSR count). The van der Waals surface area contributed by atoms with E-state index in [4.69, 9.17) is 0 Å². The van der Waals surface area contributed by atoms with Crippen LogP contribution in [-0.2, 0) is 10.5 Å². The van der Waals surface area contributed by atoms with Gasteiger partial charge in [0.05, 0.1) is 26.2 Å². The highest BCUT2D eigenvalue weighted by molar-refractivity contribution is 7.97. The van der Waals surface area contributed by atoms with E-state index in [0.717, 1.165) is 41.2 Å². The molecule has 2 N–H and O–H groups in total. The summed E-state index contributed by atoms with van der Waals surface area (Å²) >= 11 is 1.75. The largest absolute Gasteiger partial charge is 0.327 e. The van der Waals surface area contributed by atoms with Crippen molar-refractivity contribution in [3.05, 3.63) is 64.7 Å². The fraction of sp³-hybridized carbons (Fsp3) is 0.391. The summed E-state index contributed by atoms with van der Waals surface area (Å²) in [4.78, 5) is 28.5. The number of quaternary nitrogens is 1. The van der Waals surface area contributed by atoms with Crippen molar-refractivity contribution in [2.75, 3.05) is 44.3 Å². The summed E-state index contributed by atoms with van der Waals surface area (Å²) in [5.74, 6) is 1.03. The number of rotatable bonds is 6. The van der Waals surface area contributed by atoms with Gasteiger partial charge in [-0.2, -0.15) is 11.8 Å². The lowest BCUT2D eigenvalue weighted by Crippen LogP contribution is -3.15. The Hall–Kier alpha value is -2.31. The van der Waals surface area contributed by atoms with Crippen LogP contribution in [0.15, 0.2) is 42.5 Å². The van der Waals surface area contributed by atoms with E-state index in [-0.39, 0.29) is 11.8 Å². The molecule has 0 unspecified atom stereocenters. The maximum atomic E-state index is 12.8. The normalized spacial score (nSPS) is 14.7. The average Bonchev–Trinajstić information content (AvgIpc) is 2.71. The smallest absolute Gasteiger partial charge is 0.279 e. The lowest BCUT2D eigenvalue weighted by molar-refractivity contribution is -0.895. The first-order valence-corrected chi connectivity index (χ1v) is 11.4. The van der Waals surface area contributed by atoms with Gasteiger partial charge in [0.15, 0.2) is 6.54 Å². The molecular formula is C23H30N3O2S+. The van der Waals surface area contributed by atoms with Crippen LogP contribution in [0.2, 0.25) is 0 Å². The number of thioether (sulfide) groups is 1. The molecular weight excluding hydrogens is 382 g/mol. The van der Waals surface area contributed by atoms with E-state index in [1.54, 1.807) is 11.8 Å². The third kappa shape index (κ3) is 5.61. The van der Waals surface area contributed by atoms with Gasteiger partial charge in [-0.1, -0.05) is 30.3 Å². The van der Waals surface area contributed by atoms with Gasteiger partial charge in [0.25, 0.3) is 11.8 Å². The van der Waals surface area contributed by atoms with Crippen LogP contribution in [0.5, 0.6) is 0 Å². The van der Waals surface area contributed by atoms with Crippen molar-refractivity contribution in [1.29, 1.82) is 0 Å². The molecule has 2 aromatic rings. The maximum Gasteiger partial charge on any atom is 0.279 e. The number of carbonyl (C=O) groups excluding carboxylic acids is 2. The van der Waals surface area contributed by atoms with E-state index in [1.165, 1.54) is 10.5 Å². The van der Waals surface area contributed by atoms with E-state index in [2.05, 4.69) is 17.6 Å². The first kappa shape index (κ1) is 21.4. The molecule has 6 heteroatoms. The van der Waals surface area contributed by atoms with Gasteiger partial charge in [0.1, 0.15) is 0 Å². The summed E-state index contributed by atoms with van der Waals surface area (Å²) in [5, 5.41) is 3.06. The molecule has 2 amide bonds.